The van der Waals surface area contributed by atoms with E-state index in [2.05, 4.69) is 15.6 Å². The molecule has 1 saturated heterocycles. The maximum absolute atomic E-state index is 12.5. The molecule has 2 fully saturated rings. The largest absolute Gasteiger partial charge is 0.350 e. The van der Waals surface area contributed by atoms with Crippen LogP contribution in [0, 0.1) is 12.8 Å². The average molecular weight is 344 g/mol. The average Bonchev–Trinajstić information content (AvgIpc) is 3.14. The van der Waals surface area contributed by atoms with Gasteiger partial charge in [-0.15, -0.1) is 0 Å². The van der Waals surface area contributed by atoms with Crippen molar-refractivity contribution in [3.63, 3.8) is 0 Å². The van der Waals surface area contributed by atoms with Crippen molar-refractivity contribution in [2.75, 3.05) is 13.1 Å². The zero-order valence-electron chi connectivity index (χ0n) is 15.0. The zero-order chi connectivity index (χ0) is 17.6. The number of nitrogens with one attached hydrogen (secondary N) is 2. The van der Waals surface area contributed by atoms with Crippen LogP contribution >= 0.6 is 0 Å². The summed E-state index contributed by atoms with van der Waals surface area (Å²) in [6.07, 6.45) is 7.99. The molecule has 1 aliphatic heterocycles. The summed E-state index contributed by atoms with van der Waals surface area (Å²) >= 11 is 0. The fraction of sp³-hybridized carbons (Fsp3) is 0.632. The molecule has 2 N–H and O–H groups in total. The molecule has 6 nitrogen and oxygen atoms in total. The van der Waals surface area contributed by atoms with Crippen molar-refractivity contribution < 1.29 is 9.59 Å². The first-order chi connectivity index (χ1) is 12.1. The second-order valence-electron chi connectivity index (χ2n) is 7.20. The number of amides is 3. The molecule has 0 bridgehead atoms. The number of likely N-dealkylation sites (tertiary alicyclic amines) is 1. The van der Waals surface area contributed by atoms with Gasteiger partial charge in [0.15, 0.2) is 0 Å². The minimum Gasteiger partial charge on any atom is -0.350 e. The molecular formula is C19H28N4O2. The van der Waals surface area contributed by atoms with Gasteiger partial charge >= 0.3 is 6.03 Å². The van der Waals surface area contributed by atoms with Crippen LogP contribution in [0.15, 0.2) is 18.3 Å². The number of pyridine rings is 1. The third kappa shape index (κ3) is 4.71. The molecule has 1 atom stereocenters. The van der Waals surface area contributed by atoms with Crippen LogP contribution in [-0.4, -0.2) is 41.0 Å². The predicted octanol–water partition coefficient (Wildman–Crippen LogP) is 2.37. The minimum absolute atomic E-state index is 0.00929. The quantitative estimate of drug-likeness (QED) is 0.880. The SMILES string of the molecule is Cc1cccnc1CNC(=O)[C@H]1CCCN(C(=O)NC2CCCC2)C1. The van der Waals surface area contributed by atoms with Crippen molar-refractivity contribution in [3.8, 4) is 0 Å². The standard InChI is InChI=1S/C19H28N4O2/c1-14-6-4-10-20-17(14)12-21-18(24)15-7-5-11-23(13-15)19(25)22-16-8-2-3-9-16/h4,6,10,15-16H,2-3,5,7-9,11-13H2,1H3,(H,21,24)(H,22,25)/t15-/m0/s1. The van der Waals surface area contributed by atoms with Gasteiger partial charge in [0.2, 0.25) is 5.91 Å². The molecule has 6 heteroatoms. The lowest BCUT2D eigenvalue weighted by Crippen LogP contribution is -2.50. The molecule has 0 aromatic carbocycles. The number of urea groups is 1. The van der Waals surface area contributed by atoms with Crippen LogP contribution in [0.1, 0.15) is 49.8 Å². The topological polar surface area (TPSA) is 74.3 Å². The summed E-state index contributed by atoms with van der Waals surface area (Å²) in [6.45, 7) is 3.67. The molecule has 1 aromatic rings. The number of hydrogen-bond acceptors (Lipinski definition) is 3. The predicted molar refractivity (Wildman–Crippen MR) is 95.9 cm³/mol. The molecule has 25 heavy (non-hydrogen) atoms. The summed E-state index contributed by atoms with van der Waals surface area (Å²) in [7, 11) is 0. The van der Waals surface area contributed by atoms with Gasteiger partial charge in [-0.25, -0.2) is 4.79 Å². The van der Waals surface area contributed by atoms with Crippen LogP contribution in [0.25, 0.3) is 0 Å². The molecule has 1 aliphatic carbocycles. The normalized spacial score (nSPS) is 21.2. The molecule has 0 radical (unpaired) electrons. The third-order valence-electron chi connectivity index (χ3n) is 5.31. The fourth-order valence-electron chi connectivity index (χ4n) is 3.73. The van der Waals surface area contributed by atoms with E-state index in [-0.39, 0.29) is 17.9 Å². The van der Waals surface area contributed by atoms with E-state index in [0.717, 1.165) is 43.5 Å². The van der Waals surface area contributed by atoms with Crippen LogP contribution in [0.3, 0.4) is 0 Å². The van der Waals surface area contributed by atoms with E-state index < -0.39 is 0 Å². The van der Waals surface area contributed by atoms with Crippen molar-refractivity contribution in [2.24, 2.45) is 5.92 Å². The Balaban J connectivity index is 1.49. The van der Waals surface area contributed by atoms with Crippen LogP contribution < -0.4 is 10.6 Å². The smallest absolute Gasteiger partial charge is 0.317 e. The lowest BCUT2D eigenvalue weighted by Gasteiger charge is -2.33. The fourth-order valence-corrected chi connectivity index (χ4v) is 3.73. The maximum Gasteiger partial charge on any atom is 0.317 e. The summed E-state index contributed by atoms with van der Waals surface area (Å²) in [6, 6.07) is 4.19. The number of aryl methyl sites for hydroxylation is 1. The van der Waals surface area contributed by atoms with Gasteiger partial charge in [0, 0.05) is 25.3 Å². The highest BCUT2D eigenvalue weighted by atomic mass is 16.2. The Bertz CT molecular complexity index is 613. The van der Waals surface area contributed by atoms with Crippen LogP contribution in [0.2, 0.25) is 0 Å². The first kappa shape index (κ1) is 17.7. The highest BCUT2D eigenvalue weighted by Gasteiger charge is 2.29. The van der Waals surface area contributed by atoms with Gasteiger partial charge < -0.3 is 15.5 Å². The number of carbonyl (C=O) groups excluding carboxylic acids is 2. The van der Waals surface area contributed by atoms with Crippen LogP contribution in [0.5, 0.6) is 0 Å². The van der Waals surface area contributed by atoms with Gasteiger partial charge in [0.25, 0.3) is 0 Å². The van der Waals surface area contributed by atoms with Gasteiger partial charge in [0.1, 0.15) is 0 Å². The van der Waals surface area contributed by atoms with Gasteiger partial charge in [-0.1, -0.05) is 18.9 Å². The number of piperidine rings is 1. The van der Waals surface area contributed by atoms with E-state index in [9.17, 15) is 9.59 Å². The molecule has 136 valence electrons. The summed E-state index contributed by atoms with van der Waals surface area (Å²) < 4.78 is 0. The van der Waals surface area contributed by atoms with Crippen molar-refractivity contribution in [2.45, 2.75) is 58.0 Å². The van der Waals surface area contributed by atoms with Crippen molar-refractivity contribution >= 4 is 11.9 Å². The van der Waals surface area contributed by atoms with E-state index in [0.29, 0.717) is 19.1 Å². The van der Waals surface area contributed by atoms with Crippen LogP contribution in [0.4, 0.5) is 4.79 Å². The summed E-state index contributed by atoms with van der Waals surface area (Å²) in [5.74, 6) is -0.115. The number of aromatic nitrogens is 1. The maximum atomic E-state index is 12.5. The van der Waals surface area contributed by atoms with E-state index in [1.165, 1.54) is 12.8 Å². The molecule has 0 spiro atoms. The Kier molecular flexibility index (Phi) is 5.89. The Morgan fingerprint density at radius 1 is 1.24 bits per heavy atom. The Morgan fingerprint density at radius 2 is 2.04 bits per heavy atom. The Labute approximate surface area is 149 Å². The second kappa shape index (κ2) is 8.32. The number of carbonyl (C=O) groups is 2. The van der Waals surface area contributed by atoms with E-state index in [4.69, 9.17) is 0 Å². The molecule has 3 amide bonds. The molecule has 2 aliphatic rings. The monoisotopic (exact) mass is 344 g/mol. The van der Waals surface area contributed by atoms with Crippen molar-refractivity contribution in [3.05, 3.63) is 29.6 Å². The van der Waals surface area contributed by atoms with Gasteiger partial charge in [-0.3, -0.25) is 9.78 Å². The van der Waals surface area contributed by atoms with E-state index in [1.54, 1.807) is 11.1 Å². The van der Waals surface area contributed by atoms with E-state index in [1.807, 2.05) is 19.1 Å². The first-order valence-electron chi connectivity index (χ1n) is 9.37. The number of hydrogen-bond donors (Lipinski definition) is 2. The molecule has 1 saturated carbocycles. The number of nitrogens with zero attached hydrogens (tertiary/aromatic N) is 2. The van der Waals surface area contributed by atoms with Crippen LogP contribution in [-0.2, 0) is 11.3 Å². The molecule has 3 rings (SSSR count). The zero-order valence-corrected chi connectivity index (χ0v) is 15.0. The third-order valence-corrected chi connectivity index (χ3v) is 5.31. The lowest BCUT2D eigenvalue weighted by atomic mass is 9.97. The summed E-state index contributed by atoms with van der Waals surface area (Å²) in [5, 5.41) is 6.10. The summed E-state index contributed by atoms with van der Waals surface area (Å²) in [4.78, 5) is 31.0. The molecular weight excluding hydrogens is 316 g/mol. The highest BCUT2D eigenvalue weighted by Crippen LogP contribution is 2.20. The van der Waals surface area contributed by atoms with Gasteiger partial charge in [-0.2, -0.15) is 0 Å². The molecule has 2 heterocycles. The summed E-state index contributed by atoms with van der Waals surface area (Å²) in [5.41, 5.74) is 1.96. The van der Waals surface area contributed by atoms with E-state index >= 15 is 0 Å². The Hall–Kier alpha value is -2.11. The first-order valence-corrected chi connectivity index (χ1v) is 9.37. The number of rotatable bonds is 4. The van der Waals surface area contributed by atoms with Gasteiger partial charge in [-0.05, 0) is 44.2 Å². The minimum atomic E-state index is -0.132. The highest BCUT2D eigenvalue weighted by molar-refractivity contribution is 5.81. The molecule has 0 unspecified atom stereocenters. The van der Waals surface area contributed by atoms with Crippen molar-refractivity contribution in [1.82, 2.24) is 20.5 Å². The van der Waals surface area contributed by atoms with Gasteiger partial charge in [0.05, 0.1) is 18.2 Å². The van der Waals surface area contributed by atoms with Crippen molar-refractivity contribution in [1.29, 1.82) is 0 Å². The second-order valence-corrected chi connectivity index (χ2v) is 7.20. The molecule has 1 aromatic heterocycles. The lowest BCUT2D eigenvalue weighted by molar-refractivity contribution is -0.126. The Morgan fingerprint density at radius 3 is 2.80 bits per heavy atom.